The van der Waals surface area contributed by atoms with E-state index in [-0.39, 0.29) is 0 Å². The van der Waals surface area contributed by atoms with E-state index in [4.69, 9.17) is 9.78 Å². The van der Waals surface area contributed by atoms with Crippen molar-refractivity contribution >= 4 is 5.69 Å². The molecule has 2 heterocycles. The standard InChI is InChI=1S/C12H12N4O/c1-8-12(9(2)17-16-8)7-15-11-4-3-10(5-13)14-6-11/h3-4,6,15H,7H2,1-2H3. The van der Waals surface area contributed by atoms with Crippen LogP contribution in [0.15, 0.2) is 22.9 Å². The van der Waals surface area contributed by atoms with Crippen LogP contribution >= 0.6 is 0 Å². The fourth-order valence-electron chi connectivity index (χ4n) is 1.51. The van der Waals surface area contributed by atoms with Gasteiger partial charge in [-0.1, -0.05) is 5.16 Å². The summed E-state index contributed by atoms with van der Waals surface area (Å²) in [5.41, 5.74) is 3.21. The van der Waals surface area contributed by atoms with Gasteiger partial charge in [-0.2, -0.15) is 5.26 Å². The first kappa shape index (κ1) is 11.1. The number of hydrogen-bond acceptors (Lipinski definition) is 5. The fraction of sp³-hybridized carbons (Fsp3) is 0.250. The molecule has 5 nitrogen and oxygen atoms in total. The number of aryl methyl sites for hydroxylation is 2. The molecule has 0 aliphatic rings. The first-order valence-electron chi connectivity index (χ1n) is 5.22. The third-order valence-corrected chi connectivity index (χ3v) is 2.53. The summed E-state index contributed by atoms with van der Waals surface area (Å²) in [7, 11) is 0. The number of pyridine rings is 1. The molecule has 0 aliphatic carbocycles. The molecule has 2 rings (SSSR count). The summed E-state index contributed by atoms with van der Waals surface area (Å²) in [6.45, 7) is 4.42. The zero-order valence-electron chi connectivity index (χ0n) is 9.69. The van der Waals surface area contributed by atoms with Crippen LogP contribution in [0.25, 0.3) is 0 Å². The zero-order chi connectivity index (χ0) is 12.3. The van der Waals surface area contributed by atoms with Crippen molar-refractivity contribution in [2.75, 3.05) is 5.32 Å². The Balaban J connectivity index is 2.05. The molecule has 86 valence electrons. The minimum absolute atomic E-state index is 0.410. The van der Waals surface area contributed by atoms with E-state index in [1.165, 1.54) is 0 Å². The molecule has 17 heavy (non-hydrogen) atoms. The van der Waals surface area contributed by atoms with Crippen molar-refractivity contribution < 1.29 is 4.52 Å². The van der Waals surface area contributed by atoms with E-state index in [0.717, 1.165) is 22.7 Å². The number of aromatic nitrogens is 2. The van der Waals surface area contributed by atoms with Gasteiger partial charge in [-0.25, -0.2) is 4.98 Å². The Labute approximate surface area is 99.1 Å². The number of nitriles is 1. The molecule has 0 unspecified atom stereocenters. The molecule has 0 fully saturated rings. The molecule has 0 atom stereocenters. The average Bonchev–Trinajstić information content (AvgIpc) is 2.67. The molecule has 0 aromatic carbocycles. The normalized spacial score (nSPS) is 9.94. The molecule has 0 aliphatic heterocycles. The second kappa shape index (κ2) is 4.66. The Hall–Kier alpha value is -2.35. The van der Waals surface area contributed by atoms with Crippen molar-refractivity contribution in [2.24, 2.45) is 0 Å². The maximum atomic E-state index is 8.63. The molecule has 0 bridgehead atoms. The minimum atomic E-state index is 0.410. The van der Waals surface area contributed by atoms with Crippen LogP contribution < -0.4 is 5.32 Å². The van der Waals surface area contributed by atoms with Gasteiger partial charge in [0.05, 0.1) is 17.6 Å². The van der Waals surface area contributed by atoms with Gasteiger partial charge in [0.25, 0.3) is 0 Å². The van der Waals surface area contributed by atoms with Crippen molar-refractivity contribution in [3.8, 4) is 6.07 Å². The smallest absolute Gasteiger partial charge is 0.140 e. The topological polar surface area (TPSA) is 74.7 Å². The van der Waals surface area contributed by atoms with E-state index >= 15 is 0 Å². The minimum Gasteiger partial charge on any atom is -0.380 e. The highest BCUT2D eigenvalue weighted by Crippen LogP contribution is 2.14. The lowest BCUT2D eigenvalue weighted by Gasteiger charge is -2.05. The molecule has 2 aromatic heterocycles. The highest BCUT2D eigenvalue weighted by molar-refractivity contribution is 5.43. The monoisotopic (exact) mass is 228 g/mol. The van der Waals surface area contributed by atoms with Gasteiger partial charge < -0.3 is 9.84 Å². The number of nitrogens with one attached hydrogen (secondary N) is 1. The average molecular weight is 228 g/mol. The molecule has 0 amide bonds. The maximum absolute atomic E-state index is 8.63. The van der Waals surface area contributed by atoms with Gasteiger partial charge >= 0.3 is 0 Å². The lowest BCUT2D eigenvalue weighted by Crippen LogP contribution is -2.01. The SMILES string of the molecule is Cc1noc(C)c1CNc1ccc(C#N)nc1. The van der Waals surface area contributed by atoms with Gasteiger partial charge in [0.1, 0.15) is 17.5 Å². The van der Waals surface area contributed by atoms with Crippen LogP contribution in [0.5, 0.6) is 0 Å². The number of rotatable bonds is 3. The van der Waals surface area contributed by atoms with Gasteiger partial charge in [0, 0.05) is 12.1 Å². The lowest BCUT2D eigenvalue weighted by atomic mass is 10.2. The summed E-state index contributed by atoms with van der Waals surface area (Å²) in [6, 6.07) is 5.48. The summed E-state index contributed by atoms with van der Waals surface area (Å²) in [5.74, 6) is 0.816. The summed E-state index contributed by atoms with van der Waals surface area (Å²) in [4.78, 5) is 3.98. The van der Waals surface area contributed by atoms with Crippen LogP contribution in [0.2, 0.25) is 0 Å². The highest BCUT2D eigenvalue weighted by atomic mass is 16.5. The van der Waals surface area contributed by atoms with Crippen LogP contribution in [0.3, 0.4) is 0 Å². The molecule has 2 aromatic rings. The Kier molecular flexibility index (Phi) is 3.06. The Morgan fingerprint density at radius 1 is 1.41 bits per heavy atom. The maximum Gasteiger partial charge on any atom is 0.140 e. The van der Waals surface area contributed by atoms with Gasteiger partial charge in [0.2, 0.25) is 0 Å². The van der Waals surface area contributed by atoms with Crippen LogP contribution in [-0.4, -0.2) is 10.1 Å². The van der Waals surface area contributed by atoms with Gasteiger partial charge in [-0.3, -0.25) is 0 Å². The second-order valence-corrected chi connectivity index (χ2v) is 3.70. The fourth-order valence-corrected chi connectivity index (χ4v) is 1.51. The Bertz CT molecular complexity index is 531. The second-order valence-electron chi connectivity index (χ2n) is 3.70. The summed E-state index contributed by atoms with van der Waals surface area (Å²) in [6.07, 6.45) is 1.64. The van der Waals surface area contributed by atoms with Crippen molar-refractivity contribution in [3.63, 3.8) is 0 Å². The van der Waals surface area contributed by atoms with Crippen molar-refractivity contribution in [1.29, 1.82) is 5.26 Å². The predicted molar refractivity (Wildman–Crippen MR) is 62.3 cm³/mol. The molecule has 1 N–H and O–H groups in total. The summed E-state index contributed by atoms with van der Waals surface area (Å²) >= 11 is 0. The lowest BCUT2D eigenvalue weighted by molar-refractivity contribution is 0.392. The molecular weight excluding hydrogens is 216 g/mol. The number of hydrogen-bond donors (Lipinski definition) is 1. The van der Waals surface area contributed by atoms with E-state index < -0.39 is 0 Å². The van der Waals surface area contributed by atoms with Crippen molar-refractivity contribution in [3.05, 3.63) is 41.0 Å². The molecule has 0 radical (unpaired) electrons. The van der Waals surface area contributed by atoms with E-state index in [9.17, 15) is 0 Å². The molecule has 0 spiro atoms. The van der Waals surface area contributed by atoms with Crippen molar-refractivity contribution in [2.45, 2.75) is 20.4 Å². The largest absolute Gasteiger partial charge is 0.380 e. The first-order chi connectivity index (χ1) is 8.20. The van der Waals surface area contributed by atoms with E-state index in [1.807, 2.05) is 26.0 Å². The van der Waals surface area contributed by atoms with E-state index in [1.54, 1.807) is 12.3 Å². The third-order valence-electron chi connectivity index (χ3n) is 2.53. The highest BCUT2D eigenvalue weighted by Gasteiger charge is 2.08. The number of nitrogens with zero attached hydrogens (tertiary/aromatic N) is 3. The molecule has 0 saturated heterocycles. The van der Waals surface area contributed by atoms with E-state index in [2.05, 4.69) is 15.5 Å². The van der Waals surface area contributed by atoms with Gasteiger partial charge in [0.15, 0.2) is 0 Å². The van der Waals surface area contributed by atoms with Crippen LogP contribution in [0.4, 0.5) is 5.69 Å². The van der Waals surface area contributed by atoms with Crippen LogP contribution in [0.1, 0.15) is 22.7 Å². The molecule has 5 heteroatoms. The Morgan fingerprint density at radius 2 is 2.24 bits per heavy atom. The van der Waals surface area contributed by atoms with Crippen LogP contribution in [-0.2, 0) is 6.54 Å². The van der Waals surface area contributed by atoms with Gasteiger partial charge in [-0.05, 0) is 26.0 Å². The predicted octanol–water partition coefficient (Wildman–Crippen LogP) is 2.17. The Morgan fingerprint density at radius 3 is 2.76 bits per heavy atom. The molecule has 0 saturated carbocycles. The summed E-state index contributed by atoms with van der Waals surface area (Å²) < 4.78 is 5.07. The first-order valence-corrected chi connectivity index (χ1v) is 5.22. The van der Waals surface area contributed by atoms with E-state index in [0.29, 0.717) is 12.2 Å². The van der Waals surface area contributed by atoms with Crippen LogP contribution in [0, 0.1) is 25.2 Å². The summed E-state index contributed by atoms with van der Waals surface area (Å²) in [5, 5.41) is 15.7. The van der Waals surface area contributed by atoms with Gasteiger partial charge in [-0.15, -0.1) is 0 Å². The zero-order valence-corrected chi connectivity index (χ0v) is 9.69. The number of anilines is 1. The molecular formula is C12H12N4O. The van der Waals surface area contributed by atoms with Crippen molar-refractivity contribution in [1.82, 2.24) is 10.1 Å². The third kappa shape index (κ3) is 2.42. The quantitative estimate of drug-likeness (QED) is 0.871.